The lowest BCUT2D eigenvalue weighted by Crippen LogP contribution is -1.70. The molecule has 3 heteroatoms. The minimum atomic E-state index is 0.767. The van der Waals surface area contributed by atoms with Gasteiger partial charge in [-0.25, -0.2) is 0 Å². The molecule has 11 heavy (non-hydrogen) atoms. The van der Waals surface area contributed by atoms with Gasteiger partial charge < -0.3 is 9.54 Å². The number of hydrogen-bond donors (Lipinski definition) is 2. The van der Waals surface area contributed by atoms with Crippen molar-refractivity contribution in [3.63, 3.8) is 0 Å². The van der Waals surface area contributed by atoms with Crippen molar-refractivity contribution in [2.24, 2.45) is 0 Å². The summed E-state index contributed by atoms with van der Waals surface area (Å²) in [6.45, 7) is 0. The van der Waals surface area contributed by atoms with Crippen LogP contribution in [-0.2, 0) is 0 Å². The smallest absolute Gasteiger partial charge is 0.0465 e. The van der Waals surface area contributed by atoms with E-state index in [4.69, 9.17) is 4.55 Å². The summed E-state index contributed by atoms with van der Waals surface area (Å²) in [5.41, 5.74) is 1.06. The highest BCUT2D eigenvalue weighted by Gasteiger charge is 1.95. The van der Waals surface area contributed by atoms with Gasteiger partial charge in [0.15, 0.2) is 0 Å². The molecule has 2 aromatic rings. The molecular formula is C8H7NOS. The first kappa shape index (κ1) is 6.76. The highest BCUT2D eigenvalue weighted by molar-refractivity contribution is 7.93. The largest absolute Gasteiger partial charge is 0.361 e. The van der Waals surface area contributed by atoms with E-state index in [1.165, 1.54) is 5.39 Å². The second-order valence-corrected chi connectivity index (χ2v) is 2.97. The van der Waals surface area contributed by atoms with Crippen molar-refractivity contribution >= 4 is 22.9 Å². The molecule has 2 nitrogen and oxygen atoms in total. The Morgan fingerprint density at radius 1 is 1.27 bits per heavy atom. The van der Waals surface area contributed by atoms with Crippen LogP contribution in [0.5, 0.6) is 0 Å². The molecule has 1 heterocycles. The first-order valence-electron chi connectivity index (χ1n) is 3.29. The number of aromatic amines is 1. The lowest BCUT2D eigenvalue weighted by molar-refractivity contribution is 0.664. The Kier molecular flexibility index (Phi) is 1.60. The molecule has 0 atom stereocenters. The Bertz CT molecular complexity index is 369. The van der Waals surface area contributed by atoms with Gasteiger partial charge in [-0.15, -0.1) is 0 Å². The number of aromatic nitrogens is 1. The van der Waals surface area contributed by atoms with Crippen LogP contribution in [0.4, 0.5) is 0 Å². The minimum Gasteiger partial charge on any atom is -0.361 e. The molecule has 1 aromatic heterocycles. The summed E-state index contributed by atoms with van der Waals surface area (Å²) < 4.78 is 8.74. The van der Waals surface area contributed by atoms with Gasteiger partial charge in [0, 0.05) is 28.7 Å². The molecule has 0 amide bonds. The van der Waals surface area contributed by atoms with Crippen molar-refractivity contribution < 1.29 is 4.55 Å². The molecule has 1 aromatic carbocycles. The van der Waals surface area contributed by atoms with Gasteiger partial charge in [-0.3, -0.25) is 0 Å². The third kappa shape index (κ3) is 1.13. The molecule has 0 radical (unpaired) electrons. The summed E-state index contributed by atoms with van der Waals surface area (Å²) in [5, 5.41) is 1.17. The van der Waals surface area contributed by atoms with Crippen molar-refractivity contribution in [3.8, 4) is 0 Å². The van der Waals surface area contributed by atoms with E-state index in [0.29, 0.717) is 0 Å². The van der Waals surface area contributed by atoms with Gasteiger partial charge in [0.2, 0.25) is 0 Å². The molecule has 2 rings (SSSR count). The highest BCUT2D eigenvalue weighted by atomic mass is 32.2. The zero-order valence-corrected chi connectivity index (χ0v) is 6.56. The fourth-order valence-corrected chi connectivity index (χ4v) is 1.38. The Morgan fingerprint density at radius 2 is 2.18 bits per heavy atom. The number of rotatable bonds is 1. The Balaban J connectivity index is 2.67. The molecule has 0 bridgehead atoms. The molecule has 0 unspecified atom stereocenters. The van der Waals surface area contributed by atoms with Crippen LogP contribution in [0.3, 0.4) is 0 Å². The zero-order chi connectivity index (χ0) is 7.68. The van der Waals surface area contributed by atoms with E-state index in [1.807, 2.05) is 30.5 Å². The first-order chi connectivity index (χ1) is 5.40. The Hall–Kier alpha value is -0.930. The van der Waals surface area contributed by atoms with Crippen LogP contribution < -0.4 is 0 Å². The average molecular weight is 165 g/mol. The minimum absolute atomic E-state index is 0.767. The second kappa shape index (κ2) is 2.60. The van der Waals surface area contributed by atoms with Crippen LogP contribution in [-0.4, -0.2) is 9.54 Å². The van der Waals surface area contributed by atoms with Crippen molar-refractivity contribution in [2.45, 2.75) is 4.90 Å². The number of benzene rings is 1. The van der Waals surface area contributed by atoms with Crippen LogP contribution in [0.15, 0.2) is 35.4 Å². The lowest BCUT2D eigenvalue weighted by Gasteiger charge is -1.93. The van der Waals surface area contributed by atoms with E-state index < -0.39 is 0 Å². The monoisotopic (exact) mass is 165 g/mol. The number of hydrogen-bond acceptors (Lipinski definition) is 2. The Morgan fingerprint density at radius 3 is 3.00 bits per heavy atom. The fourth-order valence-electron chi connectivity index (χ4n) is 1.08. The normalized spacial score (nSPS) is 10.6. The summed E-state index contributed by atoms with van der Waals surface area (Å²) in [6, 6.07) is 7.78. The third-order valence-electron chi connectivity index (χ3n) is 1.63. The molecule has 0 aliphatic carbocycles. The van der Waals surface area contributed by atoms with Crippen LogP contribution in [0.2, 0.25) is 0 Å². The number of nitrogens with one attached hydrogen (secondary N) is 1. The quantitative estimate of drug-likeness (QED) is 0.637. The SMILES string of the molecule is OSc1ccc2cc[nH]c2c1. The zero-order valence-electron chi connectivity index (χ0n) is 5.74. The van der Waals surface area contributed by atoms with Crippen molar-refractivity contribution in [1.82, 2.24) is 4.98 Å². The molecular weight excluding hydrogens is 158 g/mol. The van der Waals surface area contributed by atoms with Crippen LogP contribution in [0, 0.1) is 0 Å². The maximum absolute atomic E-state index is 8.74. The molecule has 0 spiro atoms. The Labute approximate surface area is 68.4 Å². The molecule has 0 aliphatic rings. The summed E-state index contributed by atoms with van der Waals surface area (Å²) in [6.07, 6.45) is 1.89. The second-order valence-electron chi connectivity index (χ2n) is 2.32. The molecule has 0 saturated heterocycles. The first-order valence-corrected chi connectivity index (χ1v) is 4.06. The van der Waals surface area contributed by atoms with Gasteiger partial charge in [0.1, 0.15) is 0 Å². The standard InChI is InChI=1S/C8H7NOS/c10-11-7-2-1-6-3-4-9-8(6)5-7/h1-5,9-10H. The van der Waals surface area contributed by atoms with E-state index in [0.717, 1.165) is 22.5 Å². The van der Waals surface area contributed by atoms with Gasteiger partial charge in [-0.05, 0) is 23.6 Å². The highest BCUT2D eigenvalue weighted by Crippen LogP contribution is 2.19. The maximum Gasteiger partial charge on any atom is 0.0465 e. The maximum atomic E-state index is 8.74. The van der Waals surface area contributed by atoms with E-state index in [1.54, 1.807) is 0 Å². The van der Waals surface area contributed by atoms with Crippen molar-refractivity contribution in [2.75, 3.05) is 0 Å². The predicted molar refractivity (Wildman–Crippen MR) is 46.8 cm³/mol. The van der Waals surface area contributed by atoms with E-state index in [-0.39, 0.29) is 0 Å². The van der Waals surface area contributed by atoms with Gasteiger partial charge in [-0.1, -0.05) is 6.07 Å². The summed E-state index contributed by atoms with van der Waals surface area (Å²) in [4.78, 5) is 3.93. The van der Waals surface area contributed by atoms with Crippen molar-refractivity contribution in [3.05, 3.63) is 30.5 Å². The molecule has 0 aliphatic heterocycles. The van der Waals surface area contributed by atoms with Crippen molar-refractivity contribution in [1.29, 1.82) is 0 Å². The van der Waals surface area contributed by atoms with E-state index in [2.05, 4.69) is 4.98 Å². The van der Waals surface area contributed by atoms with Gasteiger partial charge in [0.05, 0.1) is 0 Å². The fraction of sp³-hybridized carbons (Fsp3) is 0. The van der Waals surface area contributed by atoms with Crippen LogP contribution in [0.1, 0.15) is 0 Å². The van der Waals surface area contributed by atoms with E-state index in [9.17, 15) is 0 Å². The topological polar surface area (TPSA) is 36.0 Å². The van der Waals surface area contributed by atoms with Gasteiger partial charge in [0.25, 0.3) is 0 Å². The molecule has 2 N–H and O–H groups in total. The molecule has 56 valence electrons. The summed E-state index contributed by atoms with van der Waals surface area (Å²) in [7, 11) is 0. The lowest BCUT2D eigenvalue weighted by atomic mass is 10.2. The van der Waals surface area contributed by atoms with Gasteiger partial charge in [-0.2, -0.15) is 0 Å². The van der Waals surface area contributed by atoms with Crippen LogP contribution in [0.25, 0.3) is 10.9 Å². The number of H-pyrrole nitrogens is 1. The van der Waals surface area contributed by atoms with E-state index >= 15 is 0 Å². The summed E-state index contributed by atoms with van der Waals surface area (Å²) in [5.74, 6) is 0. The predicted octanol–water partition coefficient (Wildman–Crippen LogP) is 2.73. The number of fused-ring (bicyclic) bond motifs is 1. The average Bonchev–Trinajstić information content (AvgIpc) is 2.50. The molecule has 0 fully saturated rings. The van der Waals surface area contributed by atoms with Crippen LogP contribution >= 0.6 is 12.0 Å². The third-order valence-corrected chi connectivity index (χ3v) is 2.10. The summed E-state index contributed by atoms with van der Waals surface area (Å²) >= 11 is 0.767. The van der Waals surface area contributed by atoms with Gasteiger partial charge >= 0.3 is 0 Å². The molecule has 0 saturated carbocycles.